The molecule has 0 aliphatic carbocycles. The Morgan fingerprint density at radius 2 is 0.721 bits per heavy atom. The lowest BCUT2D eigenvalue weighted by atomic mass is 9.93. The first-order valence-electron chi connectivity index (χ1n) is 36.3. The number of amides is 2. The molecule has 104 heavy (non-hydrogen) atoms. The lowest BCUT2D eigenvalue weighted by Gasteiger charge is -2.52. The number of carbonyl (C=O) groups is 3. The fourth-order valence-electron chi connectivity index (χ4n) is 13.6. The van der Waals surface area contributed by atoms with Crippen LogP contribution in [0.4, 0.5) is 4.39 Å². The van der Waals surface area contributed by atoms with Crippen LogP contribution in [0.5, 0.6) is 0 Å². The summed E-state index contributed by atoms with van der Waals surface area (Å²) in [7, 11) is 0. The summed E-state index contributed by atoms with van der Waals surface area (Å²) in [6.07, 6.45) is -13.6. The predicted molar refractivity (Wildman–Crippen MR) is 385 cm³/mol. The Hall–Kier alpha value is -8.22. The van der Waals surface area contributed by atoms with Gasteiger partial charge in [-0.2, -0.15) is 0 Å². The molecule has 0 saturated carbocycles. The molecule has 0 radical (unpaired) electrons. The van der Waals surface area contributed by atoms with Crippen LogP contribution in [0.3, 0.4) is 0 Å². The topological polar surface area (TPSA) is 184 Å². The van der Waals surface area contributed by atoms with Crippen molar-refractivity contribution in [1.29, 1.82) is 0 Å². The van der Waals surface area contributed by atoms with Gasteiger partial charge in [0.15, 0.2) is 31.1 Å². The van der Waals surface area contributed by atoms with E-state index in [1.165, 1.54) is 6.92 Å². The molecule has 3 saturated heterocycles. The zero-order valence-corrected chi connectivity index (χ0v) is 59.0. The molecule has 4 heterocycles. The Balaban J connectivity index is 0.992. The van der Waals surface area contributed by atoms with Gasteiger partial charge in [-0.1, -0.05) is 263 Å². The molecular weight excluding hydrogens is 1330 g/mol. The van der Waals surface area contributed by atoms with Crippen LogP contribution < -0.4 is 0 Å². The molecule has 0 spiro atoms. The summed E-state index contributed by atoms with van der Waals surface area (Å²) in [5.41, 5.74) is 6.01. The number of carbonyl (C=O) groups excluding carboxylic acids is 3. The highest BCUT2D eigenvalue weighted by Gasteiger charge is 2.60. The quantitative estimate of drug-likeness (QED) is 0.0202. The molecule has 3 fully saturated rings. The first kappa shape index (κ1) is 75.5. The van der Waals surface area contributed by atoms with Gasteiger partial charge < -0.3 is 66.3 Å². The number of rotatable bonds is 38. The first-order valence-corrected chi connectivity index (χ1v) is 36.3. The number of ether oxygens (including phenoxy) is 14. The van der Waals surface area contributed by atoms with Crippen LogP contribution >= 0.6 is 0 Å². The van der Waals surface area contributed by atoms with Gasteiger partial charge in [0.1, 0.15) is 61.0 Å². The summed E-state index contributed by atoms with van der Waals surface area (Å²) in [5.74, 6) is -2.14. The van der Waals surface area contributed by atoms with Gasteiger partial charge in [-0.15, -0.1) is 0 Å². The minimum absolute atomic E-state index is 0.0366. The molecule has 0 unspecified atom stereocenters. The van der Waals surface area contributed by atoms with Crippen molar-refractivity contribution in [3.05, 3.63) is 287 Å². The second-order valence-corrected chi connectivity index (χ2v) is 26.6. The highest BCUT2D eigenvalue weighted by Crippen LogP contribution is 2.42. The Morgan fingerprint density at radius 1 is 0.365 bits per heavy atom. The fourth-order valence-corrected chi connectivity index (χ4v) is 13.6. The zero-order chi connectivity index (χ0) is 71.7. The van der Waals surface area contributed by atoms with E-state index in [1.807, 2.05) is 212 Å². The molecule has 12 rings (SSSR count). The van der Waals surface area contributed by atoms with Gasteiger partial charge in [0.25, 0.3) is 11.8 Å². The number of nitrogens with zero attached hydrogens (tertiary/aromatic N) is 1. The second kappa shape index (κ2) is 39.2. The van der Waals surface area contributed by atoms with Crippen LogP contribution in [0.25, 0.3) is 0 Å². The van der Waals surface area contributed by atoms with Crippen molar-refractivity contribution in [3.8, 4) is 0 Å². The third kappa shape index (κ3) is 20.6. The lowest BCUT2D eigenvalue weighted by molar-refractivity contribution is -0.384. The molecule has 2 amide bonds. The molecule has 0 bridgehead atoms. The average molecular weight is 1420 g/mol. The summed E-state index contributed by atoms with van der Waals surface area (Å²) in [6, 6.07) is 71.9. The molecule has 0 aromatic heterocycles. The molecule has 0 N–H and O–H groups in total. The van der Waals surface area contributed by atoms with E-state index in [2.05, 4.69) is 6.92 Å². The van der Waals surface area contributed by atoms with Crippen molar-refractivity contribution in [2.75, 3.05) is 26.4 Å². The van der Waals surface area contributed by atoms with Crippen LogP contribution in [0.1, 0.15) is 112 Å². The summed E-state index contributed by atoms with van der Waals surface area (Å²) in [4.78, 5) is 46.2. The number of unbranched alkanes of at least 4 members (excludes halogenated alkanes) is 5. The number of benzene rings is 8. The van der Waals surface area contributed by atoms with E-state index in [0.717, 1.165) is 70.4 Å². The van der Waals surface area contributed by atoms with Crippen LogP contribution in [0.2, 0.25) is 0 Å². The van der Waals surface area contributed by atoms with Crippen LogP contribution in [0, 0.1) is 0 Å². The van der Waals surface area contributed by atoms with Crippen molar-refractivity contribution >= 4 is 17.8 Å². The summed E-state index contributed by atoms with van der Waals surface area (Å²) in [5, 5.41) is 0. The first-order chi connectivity index (χ1) is 51.1. The molecule has 8 aromatic rings. The van der Waals surface area contributed by atoms with Crippen LogP contribution in [0.15, 0.2) is 237 Å². The minimum Gasteiger partial charge on any atom is -0.454 e. The molecule has 4 aliphatic rings. The van der Waals surface area contributed by atoms with Gasteiger partial charge >= 0.3 is 5.97 Å². The number of alkyl halides is 1. The summed E-state index contributed by atoms with van der Waals surface area (Å²) in [6.45, 7) is 3.54. The van der Waals surface area contributed by atoms with Crippen molar-refractivity contribution < 1.29 is 85.1 Å². The lowest BCUT2D eigenvalue weighted by Crippen LogP contribution is -2.70. The molecule has 15 atom stereocenters. The van der Waals surface area contributed by atoms with E-state index in [9.17, 15) is 4.79 Å². The number of hydrogen-bond acceptors (Lipinski definition) is 17. The van der Waals surface area contributed by atoms with Gasteiger partial charge in [-0.25, -0.2) is 4.39 Å². The standard InChI is InChI=1S/C85H94FNO17/c1-3-4-5-6-7-31-48-94-84-80(78(98-55-66-44-27-14-28-45-66)74(95-52-63-38-21-11-22-39-63)70(102-84)57-92-50-61-34-17-9-18-35-61)104-83-73(87-81(89)67-46-29-30-47-68(67)82(87)90)77(97-54-65-42-25-13-26-43-65)75(71(101-83)58-93-51-62-36-19-10-20-37-62)103-85-79(99-59(2)88)76(96-53-64-40-23-12-24-41-64)72(86)69(100-85)56-91-49-60-32-15-8-16-33-60/h8-30,32-47,69-80,83-85H,3-7,31,48-58H2,1-2H3/t69-,70-,71-,72+,73-,74-,75-,76+,77-,78+,79-,80+,83+,84+,85+/m1/s1. The van der Waals surface area contributed by atoms with Crippen molar-refractivity contribution in [2.45, 2.75) is 191 Å². The maximum atomic E-state index is 17.8. The van der Waals surface area contributed by atoms with Crippen molar-refractivity contribution in [1.82, 2.24) is 4.90 Å². The summed E-state index contributed by atoms with van der Waals surface area (Å²) >= 11 is 0. The van der Waals surface area contributed by atoms with Gasteiger partial charge in [0.05, 0.1) is 77.2 Å². The highest BCUT2D eigenvalue weighted by molar-refractivity contribution is 6.21. The van der Waals surface area contributed by atoms with E-state index in [1.54, 1.807) is 24.3 Å². The Bertz CT molecular complexity index is 3800. The molecule has 19 heteroatoms. The molecular formula is C85H94FNO17. The Labute approximate surface area is 608 Å². The van der Waals surface area contributed by atoms with Gasteiger partial charge in [0.2, 0.25) is 0 Å². The van der Waals surface area contributed by atoms with E-state index < -0.39 is 110 Å². The van der Waals surface area contributed by atoms with E-state index in [-0.39, 0.29) is 83.8 Å². The van der Waals surface area contributed by atoms with Gasteiger partial charge in [0, 0.05) is 13.5 Å². The van der Waals surface area contributed by atoms with E-state index in [4.69, 9.17) is 66.3 Å². The highest BCUT2D eigenvalue weighted by atomic mass is 19.1. The molecule has 8 aromatic carbocycles. The number of halogens is 1. The fraction of sp³-hybridized carbons (Fsp3) is 0.400. The number of esters is 1. The maximum Gasteiger partial charge on any atom is 0.303 e. The predicted octanol–water partition coefficient (Wildman–Crippen LogP) is 14.2. The number of fused-ring (bicyclic) bond motifs is 1. The zero-order valence-electron chi connectivity index (χ0n) is 59.0. The Morgan fingerprint density at radius 3 is 1.17 bits per heavy atom. The number of imide groups is 1. The number of hydrogen-bond donors (Lipinski definition) is 0. The monoisotopic (exact) mass is 1420 g/mol. The Kier molecular flexibility index (Phi) is 28.5. The third-order valence-corrected chi connectivity index (χ3v) is 18.9. The van der Waals surface area contributed by atoms with Crippen molar-refractivity contribution in [3.63, 3.8) is 0 Å². The minimum atomic E-state index is -1.96. The van der Waals surface area contributed by atoms with Crippen LogP contribution in [-0.4, -0.2) is 141 Å². The van der Waals surface area contributed by atoms with E-state index >= 15 is 14.0 Å². The average Bonchev–Trinajstić information content (AvgIpc) is 1.40. The SMILES string of the molecule is CCCCCCCCO[C@H]1O[C@H](COCc2ccccc2)[C@@H](OCc2ccccc2)[C@H](OCc2ccccc2)[C@@H]1O[C@@H]1O[C@H](COCc2ccccc2)[C@@H](O[C@@H]2O[C@H](COCc3ccccc3)[C@H](F)[C@H](OCc3ccccc3)[C@H]2OC(C)=O)[C@H](OCc2ccccc2)[C@H]1N1C(=O)c2ccccc2C1=O. The normalized spacial score (nSPS) is 25.4. The van der Waals surface area contributed by atoms with Crippen LogP contribution in [-0.2, 0) is 117 Å². The largest absolute Gasteiger partial charge is 0.454 e. The molecule has 548 valence electrons. The van der Waals surface area contributed by atoms with Gasteiger partial charge in [-0.3, -0.25) is 19.3 Å². The maximum absolute atomic E-state index is 17.8. The molecule has 18 nitrogen and oxygen atoms in total. The smallest absolute Gasteiger partial charge is 0.303 e. The van der Waals surface area contributed by atoms with Crippen molar-refractivity contribution in [2.24, 2.45) is 0 Å². The van der Waals surface area contributed by atoms with Gasteiger partial charge in [-0.05, 0) is 57.5 Å². The molecule has 4 aliphatic heterocycles. The third-order valence-electron chi connectivity index (χ3n) is 18.9. The summed E-state index contributed by atoms with van der Waals surface area (Å²) < 4.78 is 116. The van der Waals surface area contributed by atoms with E-state index in [0.29, 0.717) is 12.0 Å². The second-order valence-electron chi connectivity index (χ2n) is 26.6.